The monoisotopic (exact) mass is 282 g/mol. The summed E-state index contributed by atoms with van der Waals surface area (Å²) in [7, 11) is 4.43. The summed E-state index contributed by atoms with van der Waals surface area (Å²) in [5.74, 6) is 0.749. The number of likely N-dealkylation sites (tertiary alicyclic amines) is 2. The summed E-state index contributed by atoms with van der Waals surface area (Å²) in [4.78, 5) is 7.70. The lowest BCUT2D eigenvalue weighted by Gasteiger charge is -2.41. The smallest absolute Gasteiger partial charge is 0.0345 e. The molecule has 4 nitrogen and oxygen atoms in total. The first-order chi connectivity index (χ1) is 9.52. The Morgan fingerprint density at radius 1 is 1.20 bits per heavy atom. The number of rotatable bonds is 4. The van der Waals surface area contributed by atoms with Crippen LogP contribution in [-0.2, 0) is 0 Å². The van der Waals surface area contributed by atoms with Crippen molar-refractivity contribution in [1.82, 2.24) is 14.7 Å². The van der Waals surface area contributed by atoms with Gasteiger partial charge in [0.25, 0.3) is 0 Å². The van der Waals surface area contributed by atoms with Crippen LogP contribution in [0.1, 0.15) is 33.1 Å². The molecule has 2 saturated heterocycles. The first-order valence-electron chi connectivity index (χ1n) is 8.36. The number of hydrogen-bond acceptors (Lipinski definition) is 4. The average molecular weight is 282 g/mol. The van der Waals surface area contributed by atoms with Gasteiger partial charge in [0.15, 0.2) is 0 Å². The third-order valence-electron chi connectivity index (χ3n) is 5.74. The van der Waals surface area contributed by atoms with Gasteiger partial charge < -0.3 is 15.5 Å². The maximum Gasteiger partial charge on any atom is 0.0345 e. The van der Waals surface area contributed by atoms with E-state index in [-0.39, 0.29) is 5.54 Å². The van der Waals surface area contributed by atoms with Crippen LogP contribution < -0.4 is 5.73 Å². The van der Waals surface area contributed by atoms with Gasteiger partial charge in [-0.25, -0.2) is 0 Å². The SMILES string of the molecule is CCN1CCCC(CN)(N2CC(C)C(N(C)C)C2)CC1. The molecule has 0 radical (unpaired) electrons. The maximum absolute atomic E-state index is 6.27. The van der Waals surface area contributed by atoms with Crippen molar-refractivity contribution in [1.29, 1.82) is 0 Å². The van der Waals surface area contributed by atoms with E-state index in [0.717, 1.165) is 12.5 Å². The summed E-state index contributed by atoms with van der Waals surface area (Å²) in [6.45, 7) is 11.5. The Hall–Kier alpha value is -0.160. The highest BCUT2D eigenvalue weighted by Crippen LogP contribution is 2.34. The molecule has 0 aromatic carbocycles. The Kier molecular flexibility index (Phi) is 5.46. The van der Waals surface area contributed by atoms with Crippen LogP contribution in [0.15, 0.2) is 0 Å². The predicted octanol–water partition coefficient (Wildman–Crippen LogP) is 1.07. The van der Waals surface area contributed by atoms with Gasteiger partial charge >= 0.3 is 0 Å². The van der Waals surface area contributed by atoms with E-state index in [2.05, 4.69) is 42.6 Å². The molecule has 0 aliphatic carbocycles. The minimum absolute atomic E-state index is 0.253. The Balaban J connectivity index is 2.07. The van der Waals surface area contributed by atoms with Crippen molar-refractivity contribution in [3.63, 3.8) is 0 Å². The first-order valence-corrected chi connectivity index (χ1v) is 8.36. The van der Waals surface area contributed by atoms with E-state index in [4.69, 9.17) is 5.73 Å². The molecule has 0 spiro atoms. The van der Waals surface area contributed by atoms with Crippen molar-refractivity contribution in [3.05, 3.63) is 0 Å². The van der Waals surface area contributed by atoms with Gasteiger partial charge in [-0.05, 0) is 58.9 Å². The molecule has 3 unspecified atom stereocenters. The van der Waals surface area contributed by atoms with Crippen LogP contribution in [0.2, 0.25) is 0 Å². The molecule has 0 bridgehead atoms. The second-order valence-corrected chi connectivity index (χ2v) is 7.13. The van der Waals surface area contributed by atoms with Crippen molar-refractivity contribution in [2.75, 3.05) is 53.4 Å². The summed E-state index contributed by atoms with van der Waals surface area (Å²) in [5, 5.41) is 0. The zero-order chi connectivity index (χ0) is 14.8. The van der Waals surface area contributed by atoms with Gasteiger partial charge in [0.05, 0.1) is 0 Å². The highest BCUT2D eigenvalue weighted by Gasteiger charge is 2.43. The molecule has 2 heterocycles. The highest BCUT2D eigenvalue weighted by molar-refractivity contribution is 5.00. The number of hydrogen-bond donors (Lipinski definition) is 1. The van der Waals surface area contributed by atoms with Gasteiger partial charge in [-0.1, -0.05) is 13.8 Å². The molecule has 0 aromatic rings. The second-order valence-electron chi connectivity index (χ2n) is 7.13. The molecule has 2 aliphatic heterocycles. The molecule has 3 atom stereocenters. The van der Waals surface area contributed by atoms with E-state index in [1.165, 1.54) is 52.0 Å². The molecular formula is C16H34N4. The van der Waals surface area contributed by atoms with E-state index in [0.29, 0.717) is 6.04 Å². The standard InChI is InChI=1S/C16H34N4/c1-5-19-9-6-7-16(13-17,8-10-19)20-11-14(2)15(12-20)18(3)4/h14-15H,5-13,17H2,1-4H3. The Morgan fingerprint density at radius 2 is 1.95 bits per heavy atom. The van der Waals surface area contributed by atoms with Crippen molar-refractivity contribution in [3.8, 4) is 0 Å². The second kappa shape index (κ2) is 6.73. The molecule has 2 aliphatic rings. The van der Waals surface area contributed by atoms with Crippen molar-refractivity contribution in [2.24, 2.45) is 11.7 Å². The van der Waals surface area contributed by atoms with Gasteiger partial charge in [-0.2, -0.15) is 0 Å². The number of nitrogens with two attached hydrogens (primary N) is 1. The fraction of sp³-hybridized carbons (Fsp3) is 1.00. The van der Waals surface area contributed by atoms with Gasteiger partial charge in [0.2, 0.25) is 0 Å². The minimum atomic E-state index is 0.253. The van der Waals surface area contributed by atoms with Crippen LogP contribution in [0.4, 0.5) is 0 Å². The Morgan fingerprint density at radius 3 is 2.50 bits per heavy atom. The topological polar surface area (TPSA) is 35.7 Å². The van der Waals surface area contributed by atoms with E-state index in [9.17, 15) is 0 Å². The predicted molar refractivity (Wildman–Crippen MR) is 86.0 cm³/mol. The molecule has 20 heavy (non-hydrogen) atoms. The van der Waals surface area contributed by atoms with Gasteiger partial charge in [-0.15, -0.1) is 0 Å². The van der Waals surface area contributed by atoms with Crippen LogP contribution in [0.25, 0.3) is 0 Å². The summed E-state index contributed by atoms with van der Waals surface area (Å²) in [6, 6.07) is 0.684. The van der Waals surface area contributed by atoms with Gasteiger partial charge in [0, 0.05) is 31.2 Å². The summed E-state index contributed by atoms with van der Waals surface area (Å²) < 4.78 is 0. The van der Waals surface area contributed by atoms with Crippen LogP contribution in [-0.4, -0.2) is 79.6 Å². The van der Waals surface area contributed by atoms with Gasteiger partial charge in [0.1, 0.15) is 0 Å². The summed E-state index contributed by atoms with van der Waals surface area (Å²) in [5.41, 5.74) is 6.52. The molecule has 2 fully saturated rings. The third kappa shape index (κ3) is 3.19. The molecule has 0 aromatic heterocycles. The normalized spacial score (nSPS) is 37.5. The number of nitrogens with zero attached hydrogens (tertiary/aromatic N) is 3. The van der Waals surface area contributed by atoms with E-state index < -0.39 is 0 Å². The highest BCUT2D eigenvalue weighted by atomic mass is 15.3. The maximum atomic E-state index is 6.27. The lowest BCUT2D eigenvalue weighted by Crippen LogP contribution is -2.54. The summed E-state index contributed by atoms with van der Waals surface area (Å²) >= 11 is 0. The van der Waals surface area contributed by atoms with Crippen LogP contribution >= 0.6 is 0 Å². The Bertz CT molecular complexity index is 307. The fourth-order valence-corrected chi connectivity index (χ4v) is 4.21. The van der Waals surface area contributed by atoms with E-state index in [1.54, 1.807) is 0 Å². The number of likely N-dealkylation sites (N-methyl/N-ethyl adjacent to an activating group) is 1. The van der Waals surface area contributed by atoms with E-state index in [1.807, 2.05) is 0 Å². The van der Waals surface area contributed by atoms with Crippen LogP contribution in [0, 0.1) is 5.92 Å². The van der Waals surface area contributed by atoms with E-state index >= 15 is 0 Å². The molecule has 118 valence electrons. The molecule has 2 rings (SSSR count). The lowest BCUT2D eigenvalue weighted by molar-refractivity contribution is 0.0958. The molecule has 0 amide bonds. The van der Waals surface area contributed by atoms with Crippen molar-refractivity contribution in [2.45, 2.75) is 44.7 Å². The Labute approximate surface area is 125 Å². The average Bonchev–Trinajstić information content (AvgIpc) is 2.71. The zero-order valence-electron chi connectivity index (χ0n) is 13.9. The lowest BCUT2D eigenvalue weighted by atomic mass is 9.88. The van der Waals surface area contributed by atoms with Crippen LogP contribution in [0.3, 0.4) is 0 Å². The molecule has 4 heteroatoms. The molecular weight excluding hydrogens is 248 g/mol. The van der Waals surface area contributed by atoms with Crippen LogP contribution in [0.5, 0.6) is 0 Å². The quantitative estimate of drug-likeness (QED) is 0.837. The fourth-order valence-electron chi connectivity index (χ4n) is 4.21. The zero-order valence-corrected chi connectivity index (χ0v) is 13.9. The van der Waals surface area contributed by atoms with Gasteiger partial charge in [-0.3, -0.25) is 4.90 Å². The first kappa shape index (κ1) is 16.2. The third-order valence-corrected chi connectivity index (χ3v) is 5.74. The largest absolute Gasteiger partial charge is 0.329 e. The molecule has 0 saturated carbocycles. The molecule has 2 N–H and O–H groups in total. The summed E-state index contributed by atoms with van der Waals surface area (Å²) in [6.07, 6.45) is 3.81. The van der Waals surface area contributed by atoms with Crippen molar-refractivity contribution >= 4 is 0 Å². The van der Waals surface area contributed by atoms with Crippen molar-refractivity contribution < 1.29 is 0 Å². The minimum Gasteiger partial charge on any atom is -0.329 e.